The Morgan fingerprint density at radius 3 is 2.59 bits per heavy atom. The van der Waals surface area contributed by atoms with Crippen molar-refractivity contribution < 1.29 is 9.21 Å². The summed E-state index contributed by atoms with van der Waals surface area (Å²) in [5, 5.41) is 2.97. The van der Waals surface area contributed by atoms with Crippen LogP contribution in [0.15, 0.2) is 39.6 Å². The van der Waals surface area contributed by atoms with Crippen molar-refractivity contribution in [2.75, 3.05) is 5.75 Å². The number of furan rings is 1. The lowest BCUT2D eigenvalue weighted by Crippen LogP contribution is -2.26. The molecule has 1 aromatic carbocycles. The first-order valence-corrected chi connectivity index (χ1v) is 8.50. The molecule has 0 saturated carbocycles. The summed E-state index contributed by atoms with van der Waals surface area (Å²) >= 11 is 1.71. The minimum Gasteiger partial charge on any atom is -0.464 e. The molecule has 0 radical (unpaired) electrons. The molecule has 1 unspecified atom stereocenters. The van der Waals surface area contributed by atoms with Crippen molar-refractivity contribution in [2.24, 2.45) is 0 Å². The summed E-state index contributed by atoms with van der Waals surface area (Å²) in [5.74, 6) is 2.49. The Labute approximate surface area is 136 Å². The third-order valence-electron chi connectivity index (χ3n) is 3.64. The van der Waals surface area contributed by atoms with Crippen molar-refractivity contribution in [3.8, 4) is 0 Å². The summed E-state index contributed by atoms with van der Waals surface area (Å²) in [6.45, 7) is 8.05. The molecule has 0 saturated heterocycles. The average Bonchev–Trinajstić information content (AvgIpc) is 2.89. The van der Waals surface area contributed by atoms with E-state index in [1.807, 2.05) is 26.0 Å². The van der Waals surface area contributed by atoms with E-state index >= 15 is 0 Å². The maximum Gasteiger partial charge on any atom is 0.221 e. The fraction of sp³-hybridized carbons (Fsp3) is 0.389. The highest BCUT2D eigenvalue weighted by Crippen LogP contribution is 2.22. The highest BCUT2D eigenvalue weighted by Gasteiger charge is 2.12. The molecule has 3 nitrogen and oxygen atoms in total. The van der Waals surface area contributed by atoms with Gasteiger partial charge in [0.2, 0.25) is 5.91 Å². The summed E-state index contributed by atoms with van der Waals surface area (Å²) < 4.78 is 5.52. The first-order valence-electron chi connectivity index (χ1n) is 7.51. The van der Waals surface area contributed by atoms with Gasteiger partial charge >= 0.3 is 0 Å². The molecule has 118 valence electrons. The molecular formula is C18H23NO2S. The average molecular weight is 317 g/mol. The Hall–Kier alpha value is -1.68. The first kappa shape index (κ1) is 16.7. The lowest BCUT2D eigenvalue weighted by molar-refractivity contribution is -0.121. The lowest BCUT2D eigenvalue weighted by Gasteiger charge is -2.11. The molecule has 2 rings (SSSR count). The molecule has 0 bridgehead atoms. The number of benzene rings is 1. The Morgan fingerprint density at radius 1 is 1.18 bits per heavy atom. The van der Waals surface area contributed by atoms with Crippen molar-refractivity contribution in [1.82, 2.24) is 5.32 Å². The molecular weight excluding hydrogens is 294 g/mol. The first-order chi connectivity index (χ1) is 10.5. The molecule has 0 aliphatic heterocycles. The molecule has 22 heavy (non-hydrogen) atoms. The third kappa shape index (κ3) is 4.67. The van der Waals surface area contributed by atoms with Crippen molar-refractivity contribution in [3.05, 3.63) is 53.0 Å². The van der Waals surface area contributed by atoms with Crippen LogP contribution in [0, 0.1) is 20.8 Å². The maximum absolute atomic E-state index is 12.0. The predicted octanol–water partition coefficient (Wildman–Crippen LogP) is 4.56. The number of nitrogens with one attached hydrogen (secondary N) is 1. The summed E-state index contributed by atoms with van der Waals surface area (Å²) in [7, 11) is 0. The summed E-state index contributed by atoms with van der Waals surface area (Å²) in [6, 6.07) is 10.1. The zero-order valence-corrected chi connectivity index (χ0v) is 14.4. The Kier molecular flexibility index (Phi) is 5.72. The van der Waals surface area contributed by atoms with Crippen molar-refractivity contribution in [1.29, 1.82) is 0 Å². The number of aryl methyl sites for hydroxylation is 3. The van der Waals surface area contributed by atoms with Gasteiger partial charge in [-0.1, -0.05) is 6.07 Å². The lowest BCUT2D eigenvalue weighted by atomic mass is 10.1. The van der Waals surface area contributed by atoms with E-state index < -0.39 is 0 Å². The van der Waals surface area contributed by atoms with Crippen LogP contribution in [0.4, 0.5) is 0 Å². The quantitative estimate of drug-likeness (QED) is 0.794. The minimum absolute atomic E-state index is 0.0536. The zero-order chi connectivity index (χ0) is 16.1. The molecule has 4 heteroatoms. The molecule has 1 N–H and O–H groups in total. The fourth-order valence-corrected chi connectivity index (χ4v) is 3.08. The van der Waals surface area contributed by atoms with Gasteiger partial charge in [-0.15, -0.1) is 11.8 Å². The SMILES string of the molecule is Cc1ccc(C(C)NC(=O)CCSc2ccc(C)c(C)c2)o1. The van der Waals surface area contributed by atoms with Crippen LogP contribution in [-0.2, 0) is 4.79 Å². The molecule has 1 aromatic heterocycles. The monoisotopic (exact) mass is 317 g/mol. The van der Waals surface area contributed by atoms with E-state index in [-0.39, 0.29) is 11.9 Å². The van der Waals surface area contributed by atoms with Crippen LogP contribution in [0.1, 0.15) is 42.0 Å². The van der Waals surface area contributed by atoms with E-state index in [0.717, 1.165) is 17.3 Å². The van der Waals surface area contributed by atoms with Gasteiger partial charge < -0.3 is 9.73 Å². The fourth-order valence-electron chi connectivity index (χ4n) is 2.14. The number of amides is 1. The number of hydrogen-bond donors (Lipinski definition) is 1. The topological polar surface area (TPSA) is 42.2 Å². The summed E-state index contributed by atoms with van der Waals surface area (Å²) in [6.07, 6.45) is 0.502. The Morgan fingerprint density at radius 2 is 1.95 bits per heavy atom. The predicted molar refractivity (Wildman–Crippen MR) is 91.3 cm³/mol. The molecule has 1 atom stereocenters. The van der Waals surface area contributed by atoms with Crippen LogP contribution in [0.5, 0.6) is 0 Å². The number of rotatable bonds is 6. The Balaban J connectivity index is 1.76. The van der Waals surface area contributed by atoms with Gasteiger partial charge in [-0.05, 0) is 63.1 Å². The number of thioether (sulfide) groups is 1. The van der Waals surface area contributed by atoms with E-state index in [9.17, 15) is 4.79 Å². The second-order valence-corrected chi connectivity index (χ2v) is 6.75. The Bertz CT molecular complexity index is 648. The standard InChI is InChI=1S/C18H23NO2S/c1-12-5-7-16(11-13(12)2)22-10-9-18(20)19-15(4)17-8-6-14(3)21-17/h5-8,11,15H,9-10H2,1-4H3,(H,19,20). The van der Waals surface area contributed by atoms with Gasteiger partial charge in [0.25, 0.3) is 0 Å². The van der Waals surface area contributed by atoms with Crippen molar-refractivity contribution >= 4 is 17.7 Å². The van der Waals surface area contributed by atoms with Crippen LogP contribution in [0.25, 0.3) is 0 Å². The maximum atomic E-state index is 12.0. The van der Waals surface area contributed by atoms with Crippen LogP contribution >= 0.6 is 11.8 Å². The van der Waals surface area contributed by atoms with E-state index in [1.165, 1.54) is 16.0 Å². The van der Waals surface area contributed by atoms with E-state index in [2.05, 4.69) is 37.4 Å². The molecule has 0 spiro atoms. The van der Waals surface area contributed by atoms with Crippen LogP contribution in [-0.4, -0.2) is 11.7 Å². The molecule has 1 amide bonds. The van der Waals surface area contributed by atoms with Gasteiger partial charge in [0.15, 0.2) is 0 Å². The minimum atomic E-state index is -0.0900. The molecule has 0 fully saturated rings. The summed E-state index contributed by atoms with van der Waals surface area (Å²) in [5.41, 5.74) is 2.58. The molecule has 0 aliphatic carbocycles. The van der Waals surface area contributed by atoms with Crippen LogP contribution < -0.4 is 5.32 Å². The highest BCUT2D eigenvalue weighted by molar-refractivity contribution is 7.99. The number of hydrogen-bond acceptors (Lipinski definition) is 3. The molecule has 0 aliphatic rings. The van der Waals surface area contributed by atoms with Crippen LogP contribution in [0.2, 0.25) is 0 Å². The number of carbonyl (C=O) groups excluding carboxylic acids is 1. The smallest absolute Gasteiger partial charge is 0.221 e. The number of carbonyl (C=O) groups is 1. The highest BCUT2D eigenvalue weighted by atomic mass is 32.2. The van der Waals surface area contributed by atoms with Gasteiger partial charge in [-0.2, -0.15) is 0 Å². The van der Waals surface area contributed by atoms with E-state index in [0.29, 0.717) is 6.42 Å². The molecule has 2 aromatic rings. The van der Waals surface area contributed by atoms with Gasteiger partial charge in [-0.25, -0.2) is 0 Å². The summed E-state index contributed by atoms with van der Waals surface area (Å²) in [4.78, 5) is 13.2. The third-order valence-corrected chi connectivity index (χ3v) is 4.64. The second kappa shape index (κ2) is 7.54. The molecule has 1 heterocycles. The normalized spacial score (nSPS) is 12.2. The van der Waals surface area contributed by atoms with Crippen molar-refractivity contribution in [2.45, 2.75) is 45.1 Å². The van der Waals surface area contributed by atoms with E-state index in [4.69, 9.17) is 4.42 Å². The van der Waals surface area contributed by atoms with Gasteiger partial charge in [-0.3, -0.25) is 4.79 Å². The zero-order valence-electron chi connectivity index (χ0n) is 13.6. The van der Waals surface area contributed by atoms with Crippen LogP contribution in [0.3, 0.4) is 0 Å². The van der Waals surface area contributed by atoms with Gasteiger partial charge in [0.05, 0.1) is 6.04 Å². The largest absolute Gasteiger partial charge is 0.464 e. The van der Waals surface area contributed by atoms with Gasteiger partial charge in [0, 0.05) is 17.1 Å². The van der Waals surface area contributed by atoms with Crippen molar-refractivity contribution in [3.63, 3.8) is 0 Å². The van der Waals surface area contributed by atoms with E-state index in [1.54, 1.807) is 11.8 Å². The van der Waals surface area contributed by atoms with Gasteiger partial charge in [0.1, 0.15) is 11.5 Å². The second-order valence-electron chi connectivity index (χ2n) is 5.58.